The molecule has 3 rings (SSSR count). The van der Waals surface area contributed by atoms with Crippen LogP contribution in [0.4, 0.5) is 0 Å². The second kappa shape index (κ2) is 3.21. The molecule has 1 heterocycles. The van der Waals surface area contributed by atoms with Gasteiger partial charge in [0.05, 0.1) is 5.92 Å². The molecule has 0 spiro atoms. The van der Waals surface area contributed by atoms with Crippen LogP contribution in [0.25, 0.3) is 0 Å². The normalized spacial score (nSPS) is 43.6. The highest BCUT2D eigenvalue weighted by molar-refractivity contribution is 5.76. The summed E-state index contributed by atoms with van der Waals surface area (Å²) in [5, 5.41) is 11.8. The number of carbonyl (C=O) groups excluding carboxylic acids is 1. The lowest BCUT2D eigenvalue weighted by molar-refractivity contribution is -0.188. The van der Waals surface area contributed by atoms with Crippen LogP contribution in [0, 0.1) is 23.0 Å². The van der Waals surface area contributed by atoms with Gasteiger partial charge in [-0.2, -0.15) is 0 Å². The molecular formula is C11H14NO4-. The minimum Gasteiger partial charge on any atom is -0.734 e. The van der Waals surface area contributed by atoms with Crippen LogP contribution in [0.2, 0.25) is 0 Å². The summed E-state index contributed by atoms with van der Waals surface area (Å²) in [4.78, 5) is 16.8. The maximum absolute atomic E-state index is 11.5. The number of hydroxylamine groups is 2. The SMILES string of the molecule is C=C(C)N([O-])OC1C2CC3C(=O)OC1C3C2. The zero-order chi connectivity index (χ0) is 11.4. The molecule has 3 fully saturated rings. The highest BCUT2D eigenvalue weighted by Gasteiger charge is 2.62. The number of allylic oxidation sites excluding steroid dienone is 1. The van der Waals surface area contributed by atoms with Crippen LogP contribution in [0.1, 0.15) is 19.8 Å². The van der Waals surface area contributed by atoms with E-state index in [1.54, 1.807) is 6.92 Å². The molecule has 1 saturated heterocycles. The molecule has 1 aliphatic heterocycles. The van der Waals surface area contributed by atoms with Crippen molar-refractivity contribution in [1.29, 1.82) is 0 Å². The van der Waals surface area contributed by atoms with Crippen LogP contribution in [0.15, 0.2) is 12.3 Å². The predicted octanol–water partition coefficient (Wildman–Crippen LogP) is 1.20. The average Bonchev–Trinajstić information content (AvgIpc) is 2.81. The van der Waals surface area contributed by atoms with E-state index in [2.05, 4.69) is 6.58 Å². The van der Waals surface area contributed by atoms with E-state index >= 15 is 0 Å². The van der Waals surface area contributed by atoms with Gasteiger partial charge in [-0.05, 0) is 25.7 Å². The molecule has 88 valence electrons. The van der Waals surface area contributed by atoms with Gasteiger partial charge in [-0.25, -0.2) is 0 Å². The Hall–Kier alpha value is -1.07. The van der Waals surface area contributed by atoms with Gasteiger partial charge >= 0.3 is 5.97 Å². The molecule has 0 N–H and O–H groups in total. The highest BCUT2D eigenvalue weighted by atomic mass is 16.9. The van der Waals surface area contributed by atoms with Crippen LogP contribution in [-0.4, -0.2) is 23.4 Å². The Bertz CT molecular complexity index is 356. The van der Waals surface area contributed by atoms with E-state index in [0.29, 0.717) is 10.9 Å². The van der Waals surface area contributed by atoms with Crippen molar-refractivity contribution in [3.05, 3.63) is 17.5 Å². The fraction of sp³-hybridized carbons (Fsp3) is 0.727. The first kappa shape index (κ1) is 10.1. The quantitative estimate of drug-likeness (QED) is 0.532. The lowest BCUT2D eigenvalue weighted by Crippen LogP contribution is -2.38. The Morgan fingerprint density at radius 2 is 2.38 bits per heavy atom. The molecule has 0 aromatic rings. The lowest BCUT2D eigenvalue weighted by Gasteiger charge is -2.36. The van der Waals surface area contributed by atoms with Crippen LogP contribution in [-0.2, 0) is 14.4 Å². The van der Waals surface area contributed by atoms with Crippen molar-refractivity contribution < 1.29 is 14.4 Å². The van der Waals surface area contributed by atoms with Crippen LogP contribution in [0.3, 0.4) is 0 Å². The van der Waals surface area contributed by atoms with Crippen molar-refractivity contribution in [3.8, 4) is 0 Å². The molecular weight excluding hydrogens is 210 g/mol. The molecule has 2 aliphatic carbocycles. The number of hydrogen-bond donors (Lipinski definition) is 0. The summed E-state index contributed by atoms with van der Waals surface area (Å²) in [6.45, 7) is 5.10. The number of carbonyl (C=O) groups is 1. The van der Waals surface area contributed by atoms with Gasteiger partial charge in [-0.1, -0.05) is 6.58 Å². The van der Waals surface area contributed by atoms with Gasteiger partial charge in [0.15, 0.2) is 0 Å². The summed E-state index contributed by atoms with van der Waals surface area (Å²) in [6.07, 6.45) is 1.25. The molecule has 5 atom stereocenters. The molecule has 2 saturated carbocycles. The second-order valence-corrected chi connectivity index (χ2v) is 4.97. The Morgan fingerprint density at radius 3 is 3.06 bits per heavy atom. The number of fused-ring (bicyclic) bond motifs is 1. The van der Waals surface area contributed by atoms with Crippen molar-refractivity contribution in [2.45, 2.75) is 32.0 Å². The van der Waals surface area contributed by atoms with Crippen molar-refractivity contribution in [2.24, 2.45) is 17.8 Å². The Labute approximate surface area is 93.5 Å². The van der Waals surface area contributed by atoms with Crippen LogP contribution in [0.5, 0.6) is 0 Å². The Balaban J connectivity index is 1.75. The van der Waals surface area contributed by atoms with Crippen LogP contribution < -0.4 is 0 Å². The van der Waals surface area contributed by atoms with Crippen molar-refractivity contribution in [1.82, 2.24) is 5.23 Å². The van der Waals surface area contributed by atoms with Gasteiger partial charge in [0.1, 0.15) is 12.2 Å². The van der Waals surface area contributed by atoms with Crippen molar-refractivity contribution >= 4 is 5.97 Å². The molecule has 5 nitrogen and oxygen atoms in total. The third-order valence-corrected chi connectivity index (χ3v) is 3.94. The molecule has 0 aromatic carbocycles. The molecule has 16 heavy (non-hydrogen) atoms. The van der Waals surface area contributed by atoms with E-state index in [-0.39, 0.29) is 35.9 Å². The highest BCUT2D eigenvalue weighted by Crippen LogP contribution is 2.55. The van der Waals surface area contributed by atoms with Gasteiger partial charge in [0.2, 0.25) is 0 Å². The number of esters is 1. The van der Waals surface area contributed by atoms with Gasteiger partial charge in [-0.3, -0.25) is 9.63 Å². The van der Waals surface area contributed by atoms with E-state index < -0.39 is 0 Å². The average molecular weight is 224 g/mol. The van der Waals surface area contributed by atoms with E-state index in [9.17, 15) is 10.0 Å². The molecule has 0 aromatic heterocycles. The second-order valence-electron chi connectivity index (χ2n) is 4.97. The first-order valence-electron chi connectivity index (χ1n) is 5.58. The Morgan fingerprint density at radius 1 is 1.62 bits per heavy atom. The largest absolute Gasteiger partial charge is 0.734 e. The van der Waals surface area contributed by atoms with E-state index in [1.165, 1.54) is 0 Å². The zero-order valence-corrected chi connectivity index (χ0v) is 9.09. The lowest BCUT2D eigenvalue weighted by atomic mass is 9.88. The first-order valence-corrected chi connectivity index (χ1v) is 5.58. The minimum absolute atomic E-state index is 0.0554. The standard InChI is InChI=1S/C11H14NO4/c1-5(2)12(14)16-9-6-3-7-8(4-6)11(13)15-10(7)9/h6-10H,1,3-4H2,2H3/q-1. The fourth-order valence-electron chi connectivity index (χ4n) is 3.25. The van der Waals surface area contributed by atoms with Gasteiger partial charge in [-0.15, -0.1) is 0 Å². The van der Waals surface area contributed by atoms with Crippen LogP contribution >= 0.6 is 0 Å². The van der Waals surface area contributed by atoms with Crippen molar-refractivity contribution in [2.75, 3.05) is 0 Å². The first-order chi connectivity index (χ1) is 7.58. The van der Waals surface area contributed by atoms with Crippen molar-refractivity contribution in [3.63, 3.8) is 0 Å². The van der Waals surface area contributed by atoms with Gasteiger partial charge in [0.25, 0.3) is 0 Å². The maximum atomic E-state index is 11.5. The molecule has 5 heteroatoms. The van der Waals surface area contributed by atoms with E-state index in [1.807, 2.05) is 0 Å². The summed E-state index contributed by atoms with van der Waals surface area (Å²) in [6, 6.07) is 0. The van der Waals surface area contributed by atoms with E-state index in [4.69, 9.17) is 9.57 Å². The number of ether oxygens (including phenoxy) is 1. The summed E-state index contributed by atoms with van der Waals surface area (Å²) in [7, 11) is 0. The maximum Gasteiger partial charge on any atom is 0.309 e. The molecule has 3 aliphatic rings. The van der Waals surface area contributed by atoms with E-state index in [0.717, 1.165) is 12.8 Å². The molecule has 2 bridgehead atoms. The molecule has 0 amide bonds. The van der Waals surface area contributed by atoms with Gasteiger partial charge in [0, 0.05) is 11.6 Å². The monoisotopic (exact) mass is 224 g/mol. The predicted molar refractivity (Wildman–Crippen MR) is 54.5 cm³/mol. The summed E-state index contributed by atoms with van der Waals surface area (Å²) in [5.74, 6) is 0.486. The number of nitrogens with zero attached hydrogens (tertiary/aromatic N) is 1. The third-order valence-electron chi connectivity index (χ3n) is 3.94. The summed E-state index contributed by atoms with van der Waals surface area (Å²) in [5.41, 5.74) is 0.309. The zero-order valence-electron chi connectivity index (χ0n) is 9.09. The Kier molecular flexibility index (Phi) is 2.03. The summed E-state index contributed by atoms with van der Waals surface area (Å²) < 4.78 is 5.27. The number of hydrogen-bond acceptors (Lipinski definition) is 5. The topological polar surface area (TPSA) is 61.8 Å². The summed E-state index contributed by atoms with van der Waals surface area (Å²) >= 11 is 0. The number of rotatable bonds is 3. The minimum atomic E-state index is -0.276. The smallest absolute Gasteiger partial charge is 0.309 e. The third kappa shape index (κ3) is 1.21. The van der Waals surface area contributed by atoms with Gasteiger partial charge < -0.3 is 15.2 Å². The fourth-order valence-corrected chi connectivity index (χ4v) is 3.25. The molecule has 5 unspecified atom stereocenters. The molecule has 0 radical (unpaired) electrons.